The summed E-state index contributed by atoms with van der Waals surface area (Å²) in [6.07, 6.45) is 2.28. The molecule has 0 aliphatic heterocycles. The molecule has 0 fully saturated rings. The fourth-order valence-electron chi connectivity index (χ4n) is 2.74. The number of fused-ring (bicyclic) bond motifs is 1. The van der Waals surface area contributed by atoms with Gasteiger partial charge in [-0.05, 0) is 22.6 Å². The monoisotopic (exact) mass is 357 g/mol. The molecule has 0 saturated carbocycles. The SMILES string of the molecule is CC(C)(C)c1cccc(-c2cc3scc(CC(=O)[N+](C)(C)O)n3c2)c1. The Bertz CT molecular complexity index is 923. The smallest absolute Gasteiger partial charge is 0.310 e. The maximum Gasteiger partial charge on any atom is 0.351 e. The number of nitrogens with zero attached hydrogens (tertiary/aromatic N) is 2. The minimum Gasteiger partial charge on any atom is -0.310 e. The summed E-state index contributed by atoms with van der Waals surface area (Å²) >= 11 is 1.61. The molecular formula is C20H25N2O2S+. The van der Waals surface area contributed by atoms with Gasteiger partial charge in [0.15, 0.2) is 0 Å². The van der Waals surface area contributed by atoms with Gasteiger partial charge in [-0.1, -0.05) is 45.0 Å². The van der Waals surface area contributed by atoms with Crippen molar-refractivity contribution in [2.45, 2.75) is 32.6 Å². The predicted molar refractivity (Wildman–Crippen MR) is 102 cm³/mol. The maximum absolute atomic E-state index is 12.1. The first kappa shape index (κ1) is 17.9. The molecule has 1 amide bonds. The molecule has 0 unspecified atom stereocenters. The number of hydroxylamine groups is 3. The van der Waals surface area contributed by atoms with Gasteiger partial charge in [-0.2, -0.15) is 0 Å². The van der Waals surface area contributed by atoms with E-state index in [1.54, 1.807) is 11.3 Å². The summed E-state index contributed by atoms with van der Waals surface area (Å²) in [5.74, 6) is -0.232. The Morgan fingerprint density at radius 2 is 1.92 bits per heavy atom. The molecule has 2 heterocycles. The van der Waals surface area contributed by atoms with E-state index < -0.39 is 4.65 Å². The first-order valence-electron chi connectivity index (χ1n) is 8.35. The fraction of sp³-hybridized carbons (Fsp3) is 0.350. The van der Waals surface area contributed by atoms with Crippen molar-refractivity contribution < 1.29 is 14.6 Å². The van der Waals surface area contributed by atoms with Crippen LogP contribution in [0.4, 0.5) is 0 Å². The molecule has 1 aromatic carbocycles. The molecular weight excluding hydrogens is 332 g/mol. The van der Waals surface area contributed by atoms with E-state index in [-0.39, 0.29) is 17.7 Å². The number of amides is 1. The number of quaternary nitrogens is 1. The molecule has 0 aliphatic rings. The van der Waals surface area contributed by atoms with Gasteiger partial charge in [-0.3, -0.25) is 0 Å². The van der Waals surface area contributed by atoms with Gasteiger partial charge in [0, 0.05) is 22.8 Å². The summed E-state index contributed by atoms with van der Waals surface area (Å²) in [4.78, 5) is 13.2. The molecule has 3 aromatic rings. The summed E-state index contributed by atoms with van der Waals surface area (Å²) in [6.45, 7) is 6.63. The number of carbonyl (C=O) groups is 1. The zero-order valence-corrected chi connectivity index (χ0v) is 16.2. The summed E-state index contributed by atoms with van der Waals surface area (Å²) in [5, 5.41) is 11.8. The fourth-order valence-corrected chi connectivity index (χ4v) is 3.67. The molecule has 0 radical (unpaired) electrons. The topological polar surface area (TPSA) is 41.7 Å². The van der Waals surface area contributed by atoms with Crippen molar-refractivity contribution in [3.05, 3.63) is 53.2 Å². The molecule has 4 nitrogen and oxygen atoms in total. The van der Waals surface area contributed by atoms with E-state index in [2.05, 4.69) is 61.7 Å². The van der Waals surface area contributed by atoms with Crippen molar-refractivity contribution in [3.63, 3.8) is 0 Å². The Morgan fingerprint density at radius 1 is 1.20 bits per heavy atom. The van der Waals surface area contributed by atoms with Crippen LogP contribution in [0.1, 0.15) is 32.0 Å². The molecule has 25 heavy (non-hydrogen) atoms. The molecule has 0 spiro atoms. The van der Waals surface area contributed by atoms with Gasteiger partial charge in [-0.25, -0.2) is 10.0 Å². The third kappa shape index (κ3) is 3.68. The minimum atomic E-state index is -0.654. The third-order valence-corrected chi connectivity index (χ3v) is 5.36. The van der Waals surface area contributed by atoms with Crippen LogP contribution >= 0.6 is 11.3 Å². The van der Waals surface area contributed by atoms with E-state index in [9.17, 15) is 10.0 Å². The van der Waals surface area contributed by atoms with Crippen molar-refractivity contribution in [2.24, 2.45) is 0 Å². The van der Waals surface area contributed by atoms with Crippen LogP contribution in [0.15, 0.2) is 41.9 Å². The highest BCUT2D eigenvalue weighted by atomic mass is 32.1. The lowest BCUT2D eigenvalue weighted by Gasteiger charge is -2.19. The number of thiazole rings is 1. The van der Waals surface area contributed by atoms with Crippen molar-refractivity contribution in [1.29, 1.82) is 0 Å². The van der Waals surface area contributed by atoms with Crippen molar-refractivity contribution in [2.75, 3.05) is 14.1 Å². The van der Waals surface area contributed by atoms with Gasteiger partial charge in [0.05, 0.1) is 4.83 Å². The van der Waals surface area contributed by atoms with Crippen LogP contribution < -0.4 is 0 Å². The first-order chi connectivity index (χ1) is 11.6. The van der Waals surface area contributed by atoms with E-state index >= 15 is 0 Å². The largest absolute Gasteiger partial charge is 0.351 e. The van der Waals surface area contributed by atoms with Gasteiger partial charge in [0.25, 0.3) is 0 Å². The minimum absolute atomic E-state index is 0.106. The lowest BCUT2D eigenvalue weighted by molar-refractivity contribution is -1.01. The van der Waals surface area contributed by atoms with Gasteiger partial charge in [0.1, 0.15) is 20.5 Å². The summed E-state index contributed by atoms with van der Waals surface area (Å²) in [6, 6.07) is 10.8. The third-order valence-electron chi connectivity index (χ3n) is 4.41. The average Bonchev–Trinajstić information content (AvgIpc) is 3.07. The number of aromatic nitrogens is 1. The Kier molecular flexibility index (Phi) is 4.35. The number of benzene rings is 1. The Hall–Kier alpha value is -1.95. The lowest BCUT2D eigenvalue weighted by Crippen LogP contribution is -2.43. The summed E-state index contributed by atoms with van der Waals surface area (Å²) < 4.78 is 1.40. The standard InChI is InChI=1S/C20H25N2O2S/c1-20(2,3)16-8-6-7-14(9-16)15-10-18-21(12-15)17(13-25-18)11-19(23)22(4,5)24/h6-10,12-13,24H,11H2,1-5H3/q+1. The van der Waals surface area contributed by atoms with E-state index in [1.807, 2.05) is 5.38 Å². The predicted octanol–water partition coefficient (Wildman–Crippen LogP) is 4.50. The van der Waals surface area contributed by atoms with Crippen LogP contribution in [0.3, 0.4) is 0 Å². The molecule has 1 N–H and O–H groups in total. The zero-order chi connectivity index (χ0) is 18.4. The molecule has 5 heteroatoms. The molecule has 2 aromatic heterocycles. The number of rotatable bonds is 3. The molecule has 0 atom stereocenters. The highest BCUT2D eigenvalue weighted by Gasteiger charge is 2.25. The number of hydrogen-bond acceptors (Lipinski definition) is 3. The van der Waals surface area contributed by atoms with Gasteiger partial charge in [-0.15, -0.1) is 16.0 Å². The number of carbonyl (C=O) groups excluding carboxylic acids is 1. The van der Waals surface area contributed by atoms with Gasteiger partial charge >= 0.3 is 5.91 Å². The second-order valence-electron chi connectivity index (χ2n) is 7.96. The van der Waals surface area contributed by atoms with E-state index in [0.717, 1.165) is 16.1 Å². The molecule has 3 rings (SSSR count). The quantitative estimate of drug-likeness (QED) is 0.426. The van der Waals surface area contributed by atoms with E-state index in [4.69, 9.17) is 0 Å². The van der Waals surface area contributed by atoms with Crippen LogP contribution in [0.5, 0.6) is 0 Å². The highest BCUT2D eigenvalue weighted by Crippen LogP contribution is 2.31. The van der Waals surface area contributed by atoms with Crippen LogP contribution in [-0.2, 0) is 16.6 Å². The molecule has 0 aliphatic carbocycles. The Labute approximate surface area is 152 Å². The second-order valence-corrected chi connectivity index (χ2v) is 8.85. The highest BCUT2D eigenvalue weighted by molar-refractivity contribution is 7.15. The summed E-state index contributed by atoms with van der Waals surface area (Å²) in [5.41, 5.74) is 4.64. The lowest BCUT2D eigenvalue weighted by atomic mass is 9.86. The molecule has 132 valence electrons. The zero-order valence-electron chi connectivity index (χ0n) is 15.4. The summed E-state index contributed by atoms with van der Waals surface area (Å²) in [7, 11) is 2.95. The second kappa shape index (κ2) is 6.09. The Morgan fingerprint density at radius 3 is 2.56 bits per heavy atom. The van der Waals surface area contributed by atoms with E-state index in [0.29, 0.717) is 0 Å². The van der Waals surface area contributed by atoms with Crippen LogP contribution in [0, 0.1) is 0 Å². The Balaban J connectivity index is 1.97. The number of hydrogen-bond donors (Lipinski definition) is 1. The average molecular weight is 357 g/mol. The van der Waals surface area contributed by atoms with Crippen molar-refractivity contribution in [3.8, 4) is 11.1 Å². The van der Waals surface area contributed by atoms with Gasteiger partial charge in [0.2, 0.25) is 0 Å². The normalized spacial score (nSPS) is 12.7. The number of likely N-dealkylation sites (N-methyl/N-ethyl adjacent to an activating group) is 1. The van der Waals surface area contributed by atoms with Crippen molar-refractivity contribution >= 4 is 22.1 Å². The molecule has 0 bridgehead atoms. The van der Waals surface area contributed by atoms with E-state index in [1.165, 1.54) is 25.2 Å². The van der Waals surface area contributed by atoms with Crippen LogP contribution in [-0.4, -0.2) is 34.3 Å². The van der Waals surface area contributed by atoms with Gasteiger partial charge < -0.3 is 4.40 Å². The molecule has 0 saturated heterocycles. The maximum atomic E-state index is 12.1. The van der Waals surface area contributed by atoms with Crippen LogP contribution in [0.25, 0.3) is 16.0 Å². The van der Waals surface area contributed by atoms with Crippen molar-refractivity contribution in [1.82, 2.24) is 4.40 Å². The van der Waals surface area contributed by atoms with Crippen LogP contribution in [0.2, 0.25) is 0 Å². The first-order valence-corrected chi connectivity index (χ1v) is 9.23.